The van der Waals surface area contributed by atoms with Crippen molar-refractivity contribution in [1.82, 2.24) is 24.2 Å². The van der Waals surface area contributed by atoms with Gasteiger partial charge in [-0.15, -0.1) is 0 Å². The van der Waals surface area contributed by atoms with E-state index in [9.17, 15) is 9.59 Å². The number of nitrogens with zero attached hydrogens (tertiary/aromatic N) is 5. The van der Waals surface area contributed by atoms with E-state index in [1.807, 2.05) is 25.7 Å². The molecule has 24 heavy (non-hydrogen) atoms. The molecule has 1 fully saturated rings. The van der Waals surface area contributed by atoms with Crippen LogP contribution in [-0.4, -0.2) is 43.2 Å². The molecule has 2 aromatic rings. The van der Waals surface area contributed by atoms with Crippen molar-refractivity contribution in [3.05, 3.63) is 22.9 Å². The number of rotatable bonds is 3. The number of hydrogen-bond donors (Lipinski definition) is 0. The fraction of sp³-hybridized carbons (Fsp3) is 0.647. The zero-order valence-electron chi connectivity index (χ0n) is 14.7. The molecule has 0 radical (unpaired) electrons. The fourth-order valence-corrected chi connectivity index (χ4v) is 3.12. The minimum Gasteiger partial charge on any atom is -0.343 e. The normalized spacial score (nSPS) is 15.9. The molecule has 3 rings (SSSR count). The topological polar surface area (TPSA) is 73.0 Å². The van der Waals surface area contributed by atoms with E-state index in [1.54, 1.807) is 10.9 Å². The number of carbonyl (C=O) groups is 1. The van der Waals surface area contributed by atoms with Gasteiger partial charge in [-0.2, -0.15) is 5.10 Å². The monoisotopic (exact) mass is 331 g/mol. The molecule has 0 aromatic carbocycles. The predicted molar refractivity (Wildman–Crippen MR) is 91.8 cm³/mol. The average molecular weight is 331 g/mol. The first-order chi connectivity index (χ1) is 11.4. The molecule has 7 heteroatoms. The maximum atomic E-state index is 12.6. The molecule has 1 amide bonds. The summed E-state index contributed by atoms with van der Waals surface area (Å²) in [6, 6.07) is 0. The predicted octanol–water partition coefficient (Wildman–Crippen LogP) is 1.75. The summed E-state index contributed by atoms with van der Waals surface area (Å²) in [4.78, 5) is 31.2. The number of fused-ring (bicyclic) bond motifs is 1. The zero-order chi connectivity index (χ0) is 17.3. The van der Waals surface area contributed by atoms with E-state index in [-0.39, 0.29) is 17.0 Å². The zero-order valence-corrected chi connectivity index (χ0v) is 14.7. The van der Waals surface area contributed by atoms with Gasteiger partial charge in [0.25, 0.3) is 5.56 Å². The second kappa shape index (κ2) is 6.37. The van der Waals surface area contributed by atoms with Crippen LogP contribution in [0.25, 0.3) is 11.0 Å². The number of likely N-dealkylation sites (tertiary alicyclic amines) is 1. The summed E-state index contributed by atoms with van der Waals surface area (Å²) >= 11 is 0. The van der Waals surface area contributed by atoms with Crippen LogP contribution in [0, 0.1) is 0 Å². The molecule has 0 bridgehead atoms. The molecule has 0 saturated carbocycles. The van der Waals surface area contributed by atoms with Crippen LogP contribution in [0.15, 0.2) is 17.3 Å². The van der Waals surface area contributed by atoms with Gasteiger partial charge in [-0.25, -0.2) is 9.67 Å². The van der Waals surface area contributed by atoms with Crippen molar-refractivity contribution in [2.24, 2.45) is 0 Å². The van der Waals surface area contributed by atoms with Gasteiger partial charge in [0.15, 0.2) is 5.65 Å². The van der Waals surface area contributed by atoms with Gasteiger partial charge in [-0.3, -0.25) is 14.2 Å². The van der Waals surface area contributed by atoms with E-state index in [0.717, 1.165) is 25.9 Å². The highest BCUT2D eigenvalue weighted by atomic mass is 16.2. The minimum absolute atomic E-state index is 0.118. The Hall–Kier alpha value is -2.18. The maximum absolute atomic E-state index is 12.6. The minimum atomic E-state index is -0.238. The molecule has 130 valence electrons. The smallest absolute Gasteiger partial charge is 0.264 e. The van der Waals surface area contributed by atoms with Gasteiger partial charge in [0.1, 0.15) is 5.39 Å². The third kappa shape index (κ3) is 3.20. The van der Waals surface area contributed by atoms with Crippen molar-refractivity contribution >= 4 is 16.9 Å². The molecular formula is C17H25N5O2. The molecule has 0 atom stereocenters. The average Bonchev–Trinajstić information content (AvgIpc) is 3.00. The number of piperidine rings is 1. The number of aromatic nitrogens is 4. The summed E-state index contributed by atoms with van der Waals surface area (Å²) in [5, 5.41) is 4.80. The Labute approximate surface area is 141 Å². The van der Waals surface area contributed by atoms with Gasteiger partial charge in [0, 0.05) is 26.1 Å². The van der Waals surface area contributed by atoms with Crippen LogP contribution >= 0.6 is 0 Å². The highest BCUT2D eigenvalue weighted by molar-refractivity contribution is 5.76. The second-order valence-electron chi connectivity index (χ2n) is 7.40. The van der Waals surface area contributed by atoms with E-state index in [4.69, 9.17) is 0 Å². The van der Waals surface area contributed by atoms with Gasteiger partial charge in [0.2, 0.25) is 5.91 Å². The van der Waals surface area contributed by atoms with Gasteiger partial charge in [-0.05, 0) is 40.0 Å². The Morgan fingerprint density at radius 1 is 1.21 bits per heavy atom. The number of aryl methyl sites for hydroxylation is 1. The first kappa shape index (κ1) is 16.7. The van der Waals surface area contributed by atoms with Crippen molar-refractivity contribution in [2.75, 3.05) is 13.1 Å². The van der Waals surface area contributed by atoms with Gasteiger partial charge in [0.05, 0.1) is 18.1 Å². The van der Waals surface area contributed by atoms with Crippen molar-refractivity contribution in [3.8, 4) is 0 Å². The SMILES string of the molecule is CC(C)(C)n1ncc2c(=O)n(CCC(=O)N3CCCCC3)cnc21. The molecule has 1 aliphatic rings. The van der Waals surface area contributed by atoms with E-state index >= 15 is 0 Å². The number of hydrogen-bond acceptors (Lipinski definition) is 4. The summed E-state index contributed by atoms with van der Waals surface area (Å²) in [6.45, 7) is 8.09. The van der Waals surface area contributed by atoms with Crippen LogP contribution in [0.2, 0.25) is 0 Å². The third-order valence-corrected chi connectivity index (χ3v) is 4.47. The lowest BCUT2D eigenvalue weighted by molar-refractivity contribution is -0.132. The van der Waals surface area contributed by atoms with Crippen LogP contribution in [0.3, 0.4) is 0 Å². The van der Waals surface area contributed by atoms with Crippen molar-refractivity contribution in [1.29, 1.82) is 0 Å². The second-order valence-corrected chi connectivity index (χ2v) is 7.40. The number of carbonyl (C=O) groups excluding carboxylic acids is 1. The molecule has 1 saturated heterocycles. The Balaban J connectivity index is 1.77. The molecule has 3 heterocycles. The van der Waals surface area contributed by atoms with E-state index < -0.39 is 0 Å². The third-order valence-electron chi connectivity index (χ3n) is 4.47. The number of amides is 1. The summed E-state index contributed by atoms with van der Waals surface area (Å²) in [5.74, 6) is 0.118. The van der Waals surface area contributed by atoms with Gasteiger partial charge in [-0.1, -0.05) is 0 Å². The van der Waals surface area contributed by atoms with Gasteiger partial charge >= 0.3 is 0 Å². The summed E-state index contributed by atoms with van der Waals surface area (Å²) < 4.78 is 3.27. The highest BCUT2D eigenvalue weighted by Crippen LogP contribution is 2.17. The van der Waals surface area contributed by atoms with Crippen molar-refractivity contribution < 1.29 is 4.79 Å². The van der Waals surface area contributed by atoms with E-state index in [0.29, 0.717) is 24.0 Å². The van der Waals surface area contributed by atoms with Crippen LogP contribution in [0.1, 0.15) is 46.5 Å². The lowest BCUT2D eigenvalue weighted by atomic mass is 10.1. The van der Waals surface area contributed by atoms with Crippen LogP contribution < -0.4 is 5.56 Å². The molecule has 0 unspecified atom stereocenters. The van der Waals surface area contributed by atoms with Crippen LogP contribution in [0.5, 0.6) is 0 Å². The Morgan fingerprint density at radius 2 is 1.92 bits per heavy atom. The first-order valence-corrected chi connectivity index (χ1v) is 8.59. The Bertz CT molecular complexity index is 793. The lowest BCUT2D eigenvalue weighted by Gasteiger charge is -2.26. The summed E-state index contributed by atoms with van der Waals surface area (Å²) in [5.41, 5.74) is 0.213. The van der Waals surface area contributed by atoms with E-state index in [2.05, 4.69) is 10.1 Å². The van der Waals surface area contributed by atoms with Crippen molar-refractivity contribution in [2.45, 2.75) is 58.5 Å². The molecule has 0 aliphatic carbocycles. The van der Waals surface area contributed by atoms with Crippen LogP contribution in [-0.2, 0) is 16.9 Å². The quantitative estimate of drug-likeness (QED) is 0.859. The highest BCUT2D eigenvalue weighted by Gasteiger charge is 2.20. The van der Waals surface area contributed by atoms with Crippen LogP contribution in [0.4, 0.5) is 0 Å². The fourth-order valence-electron chi connectivity index (χ4n) is 3.12. The molecule has 0 spiro atoms. The maximum Gasteiger partial charge on any atom is 0.264 e. The lowest BCUT2D eigenvalue weighted by Crippen LogP contribution is -2.36. The molecular weight excluding hydrogens is 306 g/mol. The molecule has 0 N–H and O–H groups in total. The standard InChI is InChI=1S/C17H25N5O2/c1-17(2,3)22-15-13(11-19-22)16(24)21(12-18-15)10-7-14(23)20-8-5-4-6-9-20/h11-12H,4-10H2,1-3H3. The molecule has 7 nitrogen and oxygen atoms in total. The summed E-state index contributed by atoms with van der Waals surface area (Å²) in [6.07, 6.45) is 6.77. The van der Waals surface area contributed by atoms with Gasteiger partial charge < -0.3 is 4.90 Å². The molecule has 1 aliphatic heterocycles. The van der Waals surface area contributed by atoms with Crippen molar-refractivity contribution in [3.63, 3.8) is 0 Å². The molecule has 2 aromatic heterocycles. The Kier molecular flexibility index (Phi) is 4.43. The first-order valence-electron chi connectivity index (χ1n) is 8.59. The largest absolute Gasteiger partial charge is 0.343 e. The summed E-state index contributed by atoms with van der Waals surface area (Å²) in [7, 11) is 0. The van der Waals surface area contributed by atoms with E-state index in [1.165, 1.54) is 17.3 Å². The Morgan fingerprint density at radius 3 is 2.58 bits per heavy atom.